The summed E-state index contributed by atoms with van der Waals surface area (Å²) >= 11 is 0. The Hall–Kier alpha value is -1.22. The van der Waals surface area contributed by atoms with E-state index in [-0.39, 0.29) is 0 Å². The second-order valence-electron chi connectivity index (χ2n) is 7.42. The zero-order chi connectivity index (χ0) is 15.1. The highest BCUT2D eigenvalue weighted by molar-refractivity contribution is 5.47. The van der Waals surface area contributed by atoms with Gasteiger partial charge in [-0.1, -0.05) is 39.8 Å². The lowest BCUT2D eigenvalue weighted by Gasteiger charge is -2.13. The summed E-state index contributed by atoms with van der Waals surface area (Å²) in [7, 11) is 0. The van der Waals surface area contributed by atoms with Crippen molar-refractivity contribution in [1.82, 2.24) is 5.32 Å². The highest BCUT2D eigenvalue weighted by atomic mass is 16.5. The van der Waals surface area contributed by atoms with Gasteiger partial charge in [0.15, 0.2) is 11.5 Å². The highest BCUT2D eigenvalue weighted by Crippen LogP contribution is 2.67. The van der Waals surface area contributed by atoms with Gasteiger partial charge >= 0.3 is 0 Å². The van der Waals surface area contributed by atoms with Crippen LogP contribution >= 0.6 is 0 Å². The molecule has 1 fully saturated rings. The summed E-state index contributed by atoms with van der Waals surface area (Å²) < 4.78 is 11.6. The molecule has 0 amide bonds. The van der Waals surface area contributed by atoms with Crippen LogP contribution < -0.4 is 14.8 Å². The van der Waals surface area contributed by atoms with Crippen LogP contribution in [0.25, 0.3) is 0 Å². The molecule has 1 aromatic carbocycles. The van der Waals surface area contributed by atoms with Crippen LogP contribution in [-0.2, 0) is 6.54 Å². The van der Waals surface area contributed by atoms with E-state index in [1.54, 1.807) is 0 Å². The number of hydrogen-bond donors (Lipinski definition) is 1. The first-order chi connectivity index (χ1) is 9.94. The number of hydrogen-bond acceptors (Lipinski definition) is 3. The summed E-state index contributed by atoms with van der Waals surface area (Å²) in [5.41, 5.74) is 2.08. The molecule has 3 heteroatoms. The van der Waals surface area contributed by atoms with E-state index in [2.05, 4.69) is 45.1 Å². The van der Waals surface area contributed by atoms with Crippen LogP contribution in [0, 0.1) is 16.7 Å². The lowest BCUT2D eigenvalue weighted by Crippen LogP contribution is -2.19. The third-order valence-electron chi connectivity index (χ3n) is 5.84. The molecule has 1 heterocycles. The molecule has 0 saturated heterocycles. The Bertz CT molecular complexity index is 508. The van der Waals surface area contributed by atoms with Crippen molar-refractivity contribution in [3.05, 3.63) is 23.8 Å². The van der Waals surface area contributed by atoms with Gasteiger partial charge in [-0.2, -0.15) is 0 Å². The van der Waals surface area contributed by atoms with Crippen LogP contribution in [0.2, 0.25) is 0 Å². The van der Waals surface area contributed by atoms with E-state index in [0.29, 0.717) is 10.8 Å². The van der Waals surface area contributed by atoms with Crippen LogP contribution in [0.4, 0.5) is 0 Å². The van der Waals surface area contributed by atoms with E-state index in [0.717, 1.165) is 50.1 Å². The molecule has 0 radical (unpaired) electrons. The number of nitrogens with one attached hydrogen (secondary N) is 1. The van der Waals surface area contributed by atoms with Gasteiger partial charge in [0.2, 0.25) is 0 Å². The number of fused-ring (bicyclic) bond motifs is 1. The molecular formula is C18H27NO2. The molecule has 2 aliphatic rings. The lowest BCUT2D eigenvalue weighted by atomic mass is 10.0. The van der Waals surface area contributed by atoms with Crippen molar-refractivity contribution in [1.29, 1.82) is 0 Å². The lowest BCUT2D eigenvalue weighted by molar-refractivity contribution is 0.296. The maximum atomic E-state index is 5.87. The van der Waals surface area contributed by atoms with Gasteiger partial charge in [-0.15, -0.1) is 0 Å². The first-order valence-corrected chi connectivity index (χ1v) is 8.03. The maximum absolute atomic E-state index is 5.87. The summed E-state index contributed by atoms with van der Waals surface area (Å²) in [6, 6.07) is 6.18. The Kier molecular flexibility index (Phi) is 3.64. The fourth-order valence-corrected chi connectivity index (χ4v) is 3.59. The number of benzene rings is 1. The minimum Gasteiger partial charge on any atom is -0.490 e. The van der Waals surface area contributed by atoms with Crippen molar-refractivity contribution in [3.8, 4) is 11.5 Å². The molecule has 3 rings (SSSR count). The van der Waals surface area contributed by atoms with E-state index in [1.165, 1.54) is 5.56 Å². The summed E-state index contributed by atoms with van der Waals surface area (Å²) in [5, 5.41) is 3.61. The van der Waals surface area contributed by atoms with Crippen molar-refractivity contribution in [2.75, 3.05) is 19.8 Å². The van der Waals surface area contributed by atoms with Gasteiger partial charge in [0.05, 0.1) is 13.2 Å². The van der Waals surface area contributed by atoms with Gasteiger partial charge < -0.3 is 14.8 Å². The molecule has 0 atom stereocenters. The number of rotatable bonds is 4. The standard InChI is InChI=1S/C18H27NO2/c1-17(2)15(18(17,3)4)12-19-11-13-7-5-8-14-16(13)21-10-6-9-20-14/h5,7-8,15,19H,6,9-12H2,1-4H3. The highest BCUT2D eigenvalue weighted by Gasteiger charge is 2.63. The SMILES string of the molecule is CC1(C)C(CNCc2cccc3c2OCCCO3)C1(C)C. The van der Waals surface area contributed by atoms with E-state index in [1.807, 2.05) is 6.07 Å². The largest absolute Gasteiger partial charge is 0.490 e. The first-order valence-electron chi connectivity index (χ1n) is 8.03. The van der Waals surface area contributed by atoms with Crippen molar-refractivity contribution in [2.24, 2.45) is 16.7 Å². The average Bonchev–Trinajstić information content (AvgIpc) is 2.96. The number of ether oxygens (including phenoxy) is 2. The van der Waals surface area contributed by atoms with Gasteiger partial charge in [-0.3, -0.25) is 0 Å². The molecule has 1 aliphatic heterocycles. The zero-order valence-corrected chi connectivity index (χ0v) is 13.7. The quantitative estimate of drug-likeness (QED) is 0.918. The normalized spacial score (nSPS) is 22.7. The minimum atomic E-state index is 0.438. The summed E-state index contributed by atoms with van der Waals surface area (Å²) in [5.74, 6) is 2.56. The minimum absolute atomic E-state index is 0.438. The molecule has 0 aromatic heterocycles. The Balaban J connectivity index is 1.62. The van der Waals surface area contributed by atoms with E-state index < -0.39 is 0 Å². The maximum Gasteiger partial charge on any atom is 0.165 e. The zero-order valence-electron chi connectivity index (χ0n) is 13.7. The molecule has 116 valence electrons. The van der Waals surface area contributed by atoms with Gasteiger partial charge in [-0.05, 0) is 29.4 Å². The second-order valence-corrected chi connectivity index (χ2v) is 7.42. The third-order valence-corrected chi connectivity index (χ3v) is 5.84. The molecule has 0 unspecified atom stereocenters. The third kappa shape index (κ3) is 2.52. The topological polar surface area (TPSA) is 30.5 Å². The Morgan fingerprint density at radius 1 is 1.10 bits per heavy atom. The summed E-state index contributed by atoms with van der Waals surface area (Å²) in [6.45, 7) is 12.9. The molecule has 1 aliphatic carbocycles. The Morgan fingerprint density at radius 3 is 2.52 bits per heavy atom. The second kappa shape index (κ2) is 5.20. The fraction of sp³-hybridized carbons (Fsp3) is 0.667. The predicted octanol–water partition coefficient (Wildman–Crippen LogP) is 3.62. The van der Waals surface area contributed by atoms with Crippen molar-refractivity contribution in [2.45, 2.75) is 40.7 Å². The van der Waals surface area contributed by atoms with Crippen molar-refractivity contribution in [3.63, 3.8) is 0 Å². The van der Waals surface area contributed by atoms with Gasteiger partial charge in [-0.25, -0.2) is 0 Å². The summed E-state index contributed by atoms with van der Waals surface area (Å²) in [6.07, 6.45) is 0.950. The van der Waals surface area contributed by atoms with Crippen molar-refractivity contribution < 1.29 is 9.47 Å². The van der Waals surface area contributed by atoms with E-state index >= 15 is 0 Å². The molecule has 3 nitrogen and oxygen atoms in total. The molecule has 0 spiro atoms. The first kappa shape index (κ1) is 14.7. The Morgan fingerprint density at radius 2 is 1.81 bits per heavy atom. The molecule has 0 bridgehead atoms. The number of para-hydroxylation sites is 1. The van der Waals surface area contributed by atoms with Gasteiger partial charge in [0.25, 0.3) is 0 Å². The summed E-state index contributed by atoms with van der Waals surface area (Å²) in [4.78, 5) is 0. The van der Waals surface area contributed by atoms with Crippen LogP contribution in [0.1, 0.15) is 39.7 Å². The van der Waals surface area contributed by atoms with Crippen molar-refractivity contribution >= 4 is 0 Å². The predicted molar refractivity (Wildman–Crippen MR) is 84.8 cm³/mol. The van der Waals surface area contributed by atoms with E-state index in [4.69, 9.17) is 9.47 Å². The van der Waals surface area contributed by atoms with Crippen LogP contribution in [-0.4, -0.2) is 19.8 Å². The smallest absolute Gasteiger partial charge is 0.165 e. The van der Waals surface area contributed by atoms with Crippen LogP contribution in [0.3, 0.4) is 0 Å². The van der Waals surface area contributed by atoms with Gasteiger partial charge in [0.1, 0.15) is 0 Å². The molecule has 1 saturated carbocycles. The molecule has 1 aromatic rings. The van der Waals surface area contributed by atoms with Crippen LogP contribution in [0.5, 0.6) is 11.5 Å². The molecular weight excluding hydrogens is 262 g/mol. The van der Waals surface area contributed by atoms with Crippen LogP contribution in [0.15, 0.2) is 18.2 Å². The molecule has 1 N–H and O–H groups in total. The average molecular weight is 289 g/mol. The van der Waals surface area contributed by atoms with Gasteiger partial charge in [0, 0.05) is 18.5 Å². The fourth-order valence-electron chi connectivity index (χ4n) is 3.59. The Labute approximate surface area is 128 Å². The molecule has 21 heavy (non-hydrogen) atoms. The van der Waals surface area contributed by atoms with E-state index in [9.17, 15) is 0 Å². The monoisotopic (exact) mass is 289 g/mol.